The Balaban J connectivity index is 2.52. The van der Waals surface area contributed by atoms with Crippen molar-refractivity contribution in [2.24, 2.45) is 0 Å². The zero-order valence-electron chi connectivity index (χ0n) is 13.8. The van der Waals surface area contributed by atoms with Crippen molar-refractivity contribution >= 4 is 23.8 Å². The van der Waals surface area contributed by atoms with Crippen LogP contribution in [0.25, 0.3) is 6.08 Å². The first-order valence-corrected chi connectivity index (χ1v) is 7.40. The van der Waals surface area contributed by atoms with Gasteiger partial charge < -0.3 is 14.4 Å². The molecule has 1 aliphatic rings. The van der Waals surface area contributed by atoms with Crippen LogP contribution >= 0.6 is 0 Å². The van der Waals surface area contributed by atoms with Crippen molar-refractivity contribution in [2.45, 2.75) is 19.4 Å². The molecule has 6 nitrogen and oxygen atoms in total. The van der Waals surface area contributed by atoms with Crippen LogP contribution in [0.3, 0.4) is 0 Å². The van der Waals surface area contributed by atoms with Gasteiger partial charge in [0.2, 0.25) is 0 Å². The molecule has 0 saturated heterocycles. The summed E-state index contributed by atoms with van der Waals surface area (Å²) in [5.41, 5.74) is 1.87. The predicted octanol–water partition coefficient (Wildman–Crippen LogP) is 2.22. The fourth-order valence-electron chi connectivity index (χ4n) is 2.62. The maximum atomic E-state index is 12.1. The van der Waals surface area contributed by atoms with Crippen molar-refractivity contribution < 1.29 is 23.9 Å². The van der Waals surface area contributed by atoms with Gasteiger partial charge in [0.15, 0.2) is 0 Å². The van der Waals surface area contributed by atoms with Gasteiger partial charge in [0.05, 0.1) is 26.3 Å². The van der Waals surface area contributed by atoms with Crippen molar-refractivity contribution in [3.63, 3.8) is 0 Å². The molecular formula is C18H19NO5. The van der Waals surface area contributed by atoms with E-state index in [9.17, 15) is 14.4 Å². The van der Waals surface area contributed by atoms with Crippen molar-refractivity contribution in [1.29, 1.82) is 0 Å². The third-order valence-corrected chi connectivity index (χ3v) is 3.71. The summed E-state index contributed by atoms with van der Waals surface area (Å²) in [5.74, 6) is -1.39. The summed E-state index contributed by atoms with van der Waals surface area (Å²) < 4.78 is 9.39. The van der Waals surface area contributed by atoms with E-state index < -0.39 is 18.0 Å². The van der Waals surface area contributed by atoms with Crippen LogP contribution in [0.1, 0.15) is 30.5 Å². The summed E-state index contributed by atoms with van der Waals surface area (Å²) in [6, 6.07) is 7.18. The molecule has 0 spiro atoms. The Morgan fingerprint density at radius 1 is 1.17 bits per heavy atom. The van der Waals surface area contributed by atoms with Crippen LogP contribution in [-0.4, -0.2) is 36.8 Å². The summed E-state index contributed by atoms with van der Waals surface area (Å²) in [7, 11) is 2.46. The normalized spacial score (nSPS) is 16.4. The third-order valence-electron chi connectivity index (χ3n) is 3.71. The molecule has 6 heteroatoms. The van der Waals surface area contributed by atoms with Crippen LogP contribution in [0.2, 0.25) is 0 Å². The van der Waals surface area contributed by atoms with Crippen LogP contribution in [0.5, 0.6) is 0 Å². The summed E-state index contributed by atoms with van der Waals surface area (Å²) >= 11 is 0. The van der Waals surface area contributed by atoms with Crippen LogP contribution in [0.15, 0.2) is 42.2 Å². The number of carbonyl (C=O) groups is 3. The lowest BCUT2D eigenvalue weighted by atomic mass is 9.92. The maximum absolute atomic E-state index is 12.1. The first-order valence-electron chi connectivity index (χ1n) is 7.40. The molecule has 0 unspecified atom stereocenters. The fourth-order valence-corrected chi connectivity index (χ4v) is 2.62. The van der Waals surface area contributed by atoms with Gasteiger partial charge in [-0.2, -0.15) is 0 Å². The number of hydrogen-bond donors (Lipinski definition) is 0. The Labute approximate surface area is 140 Å². The van der Waals surface area contributed by atoms with Gasteiger partial charge in [-0.1, -0.05) is 24.3 Å². The number of benzene rings is 1. The van der Waals surface area contributed by atoms with Gasteiger partial charge in [-0.15, -0.1) is 0 Å². The van der Waals surface area contributed by atoms with Gasteiger partial charge in [0.25, 0.3) is 0 Å². The number of ketones is 1. The Kier molecular flexibility index (Phi) is 5.52. The molecule has 126 valence electrons. The molecule has 1 aliphatic heterocycles. The molecule has 2 rings (SSSR count). The standard InChI is InChI=1S/C18H19NO5/c1-12(20)10-15-14-7-5-4-6-13(14)8-9-19(15)16(18(22)24-3)11-17(21)23-2/h4-9,11,15H,10H2,1-3H3/b16-11+/t15-/m1/s1. The molecule has 1 aromatic rings. The van der Waals surface area contributed by atoms with E-state index in [0.717, 1.165) is 17.2 Å². The topological polar surface area (TPSA) is 72.9 Å². The average Bonchev–Trinajstić information content (AvgIpc) is 2.59. The van der Waals surface area contributed by atoms with Crippen LogP contribution in [0, 0.1) is 0 Å². The second-order valence-corrected chi connectivity index (χ2v) is 5.32. The summed E-state index contributed by atoms with van der Waals surface area (Å²) in [5, 5.41) is 0. The highest BCUT2D eigenvalue weighted by atomic mass is 16.5. The smallest absolute Gasteiger partial charge is 0.354 e. The van der Waals surface area contributed by atoms with Crippen LogP contribution in [0.4, 0.5) is 0 Å². The summed E-state index contributed by atoms with van der Waals surface area (Å²) in [6.45, 7) is 1.49. The van der Waals surface area contributed by atoms with E-state index >= 15 is 0 Å². The quantitative estimate of drug-likeness (QED) is 0.609. The zero-order chi connectivity index (χ0) is 17.7. The summed E-state index contributed by atoms with van der Waals surface area (Å²) in [4.78, 5) is 37.1. The molecule has 0 fully saturated rings. The highest BCUT2D eigenvalue weighted by Crippen LogP contribution is 2.35. The monoisotopic (exact) mass is 329 g/mol. The molecule has 1 atom stereocenters. The molecule has 0 N–H and O–H groups in total. The number of carbonyl (C=O) groups excluding carboxylic acids is 3. The number of hydrogen-bond acceptors (Lipinski definition) is 6. The molecule has 0 aromatic heterocycles. The lowest BCUT2D eigenvalue weighted by molar-refractivity contribution is -0.140. The molecule has 1 aromatic carbocycles. The summed E-state index contributed by atoms with van der Waals surface area (Å²) in [6.07, 6.45) is 4.75. The second kappa shape index (κ2) is 7.59. The minimum atomic E-state index is -0.682. The Morgan fingerprint density at radius 3 is 2.50 bits per heavy atom. The molecular weight excluding hydrogens is 310 g/mol. The molecule has 24 heavy (non-hydrogen) atoms. The number of Topliss-reactive ketones (excluding diaryl/α,β-unsaturated/α-hetero) is 1. The Bertz CT molecular complexity index is 720. The molecule has 0 saturated carbocycles. The number of nitrogens with zero attached hydrogens (tertiary/aromatic N) is 1. The van der Waals surface area contributed by atoms with Gasteiger partial charge in [0.1, 0.15) is 11.5 Å². The zero-order valence-corrected chi connectivity index (χ0v) is 13.8. The molecule has 0 bridgehead atoms. The molecule has 0 amide bonds. The lowest BCUT2D eigenvalue weighted by Gasteiger charge is -2.34. The minimum Gasteiger partial charge on any atom is -0.466 e. The van der Waals surface area contributed by atoms with Crippen molar-refractivity contribution in [2.75, 3.05) is 14.2 Å². The third kappa shape index (κ3) is 3.71. The largest absolute Gasteiger partial charge is 0.466 e. The second-order valence-electron chi connectivity index (χ2n) is 5.32. The van der Waals surface area contributed by atoms with E-state index in [4.69, 9.17) is 4.74 Å². The van der Waals surface area contributed by atoms with E-state index in [0.29, 0.717) is 0 Å². The van der Waals surface area contributed by atoms with Crippen molar-refractivity contribution in [3.05, 3.63) is 53.4 Å². The maximum Gasteiger partial charge on any atom is 0.354 e. The fraction of sp³-hybridized carbons (Fsp3) is 0.278. The van der Waals surface area contributed by atoms with Crippen molar-refractivity contribution in [3.8, 4) is 0 Å². The van der Waals surface area contributed by atoms with E-state index in [-0.39, 0.29) is 17.9 Å². The number of ether oxygens (including phenoxy) is 2. The highest BCUT2D eigenvalue weighted by molar-refractivity contribution is 5.96. The number of fused-ring (bicyclic) bond motifs is 1. The van der Waals surface area contributed by atoms with Crippen LogP contribution in [-0.2, 0) is 23.9 Å². The molecule has 0 aliphatic carbocycles. The van der Waals surface area contributed by atoms with Gasteiger partial charge in [-0.3, -0.25) is 4.79 Å². The van der Waals surface area contributed by atoms with E-state index in [1.807, 2.05) is 30.3 Å². The number of methoxy groups -OCH3 is 2. The average molecular weight is 329 g/mol. The number of esters is 2. The minimum absolute atomic E-state index is 0.0151. The highest BCUT2D eigenvalue weighted by Gasteiger charge is 2.30. The molecule has 0 radical (unpaired) electrons. The Morgan fingerprint density at radius 2 is 1.88 bits per heavy atom. The number of rotatable bonds is 5. The SMILES string of the molecule is COC(=O)/C=C(\C(=O)OC)N1C=Cc2ccccc2[C@H]1CC(C)=O. The van der Waals surface area contributed by atoms with Gasteiger partial charge in [0, 0.05) is 12.6 Å². The Hall–Kier alpha value is -2.89. The first kappa shape index (κ1) is 17.5. The van der Waals surface area contributed by atoms with Gasteiger partial charge in [-0.25, -0.2) is 9.59 Å². The van der Waals surface area contributed by atoms with E-state index in [1.165, 1.54) is 21.1 Å². The van der Waals surface area contributed by atoms with Crippen molar-refractivity contribution in [1.82, 2.24) is 4.90 Å². The lowest BCUT2D eigenvalue weighted by Crippen LogP contribution is -2.32. The van der Waals surface area contributed by atoms with E-state index in [2.05, 4.69) is 4.74 Å². The van der Waals surface area contributed by atoms with Gasteiger partial charge >= 0.3 is 11.9 Å². The molecule has 1 heterocycles. The van der Waals surface area contributed by atoms with Gasteiger partial charge in [-0.05, 0) is 24.1 Å². The predicted molar refractivity (Wildman–Crippen MR) is 87.5 cm³/mol. The van der Waals surface area contributed by atoms with Crippen LogP contribution < -0.4 is 0 Å². The first-order chi connectivity index (χ1) is 11.5. The van der Waals surface area contributed by atoms with E-state index in [1.54, 1.807) is 11.1 Å².